The van der Waals surface area contributed by atoms with Gasteiger partial charge in [0.15, 0.2) is 12.3 Å². The van der Waals surface area contributed by atoms with E-state index in [4.69, 9.17) is 42.1 Å². The molecule has 12 heteroatoms. The molecular formula is C34H29Cl2N3O7. The van der Waals surface area contributed by atoms with Crippen LogP contribution in [0.5, 0.6) is 0 Å². The third-order valence-corrected chi connectivity index (χ3v) is 8.24. The van der Waals surface area contributed by atoms with Gasteiger partial charge < -0.3 is 23.8 Å². The lowest BCUT2D eigenvalue weighted by Gasteiger charge is -2.37. The summed E-state index contributed by atoms with van der Waals surface area (Å²) in [5.74, 6) is -1.68. The third-order valence-electron chi connectivity index (χ3n) is 7.72. The zero-order chi connectivity index (χ0) is 32.0. The quantitative estimate of drug-likeness (QED) is 0.174. The minimum Gasteiger partial charge on any atom is -0.459 e. The number of benzene rings is 3. The first-order chi connectivity index (χ1) is 22.4. The fourth-order valence-corrected chi connectivity index (χ4v) is 6.06. The van der Waals surface area contributed by atoms with Gasteiger partial charge in [0.2, 0.25) is 0 Å². The lowest BCUT2D eigenvalue weighted by molar-refractivity contribution is -0.137. The monoisotopic (exact) mass is 661 g/mol. The maximum Gasteiger partial charge on any atom is 0.338 e. The topological polar surface area (TPSA) is 116 Å². The van der Waals surface area contributed by atoms with Crippen molar-refractivity contribution in [3.8, 4) is 0 Å². The van der Waals surface area contributed by atoms with Crippen molar-refractivity contribution in [2.75, 3.05) is 6.61 Å². The average Bonchev–Trinajstić information content (AvgIpc) is 3.42. The number of esters is 3. The molecule has 0 bridgehead atoms. The summed E-state index contributed by atoms with van der Waals surface area (Å²) in [4.78, 5) is 49.9. The number of carbonyl (C=O) groups excluding carboxylic acids is 3. The fourth-order valence-electron chi connectivity index (χ4n) is 5.52. The molecule has 6 atom stereocenters. The van der Waals surface area contributed by atoms with Gasteiger partial charge in [-0.3, -0.25) is 4.99 Å². The van der Waals surface area contributed by atoms with Crippen molar-refractivity contribution in [2.45, 2.75) is 49.5 Å². The van der Waals surface area contributed by atoms with Gasteiger partial charge in [-0.05, 0) is 42.5 Å². The Balaban J connectivity index is 1.31. The second-order valence-corrected chi connectivity index (χ2v) is 11.6. The standard InChI is InChI=1S/C34H29Cl2N3O7/c35-28-18-26-29(30(36)38-28)37-20-39(26)31-27(46-34(42)23-14-8-3-9-15-23)17-24(45-33(41)22-12-6-2-7-13-22)16-25(44-31)19-43-32(40)21-10-4-1-5-11-21/h1-15,18,20,24-27,29,31H,16-17,19H2/t24-,25-,26?,27+,29?,31+/m0/s1. The maximum absolute atomic E-state index is 13.4. The van der Waals surface area contributed by atoms with Gasteiger partial charge in [-0.1, -0.05) is 77.8 Å². The Morgan fingerprint density at radius 2 is 1.35 bits per heavy atom. The molecule has 3 aliphatic heterocycles. The maximum atomic E-state index is 13.4. The van der Waals surface area contributed by atoms with E-state index >= 15 is 0 Å². The molecule has 0 aromatic heterocycles. The number of aliphatic imine (C=N–C) groups is 2. The van der Waals surface area contributed by atoms with E-state index in [2.05, 4.69) is 9.98 Å². The highest BCUT2D eigenvalue weighted by molar-refractivity contribution is 6.67. The number of nitrogens with zero attached hydrogens (tertiary/aromatic N) is 3. The van der Waals surface area contributed by atoms with Gasteiger partial charge in [0.05, 0.1) is 35.2 Å². The van der Waals surface area contributed by atoms with E-state index in [1.54, 1.807) is 108 Å². The van der Waals surface area contributed by atoms with Gasteiger partial charge >= 0.3 is 17.9 Å². The van der Waals surface area contributed by atoms with Crippen molar-refractivity contribution >= 4 is 52.6 Å². The van der Waals surface area contributed by atoms with E-state index in [0.717, 1.165) is 0 Å². The number of fused-ring (bicyclic) bond motifs is 1. The van der Waals surface area contributed by atoms with Crippen LogP contribution >= 0.6 is 23.2 Å². The Morgan fingerprint density at radius 1 is 0.783 bits per heavy atom. The van der Waals surface area contributed by atoms with Crippen molar-refractivity contribution in [3.05, 3.63) is 119 Å². The number of hydrogen-bond donors (Lipinski definition) is 0. The molecule has 1 fully saturated rings. The van der Waals surface area contributed by atoms with Crippen LogP contribution in [-0.4, -0.2) is 77.5 Å². The predicted molar refractivity (Wildman–Crippen MR) is 171 cm³/mol. The van der Waals surface area contributed by atoms with Crippen molar-refractivity contribution in [3.63, 3.8) is 0 Å². The van der Waals surface area contributed by atoms with Crippen LogP contribution in [0.2, 0.25) is 0 Å². The van der Waals surface area contributed by atoms with E-state index in [0.29, 0.717) is 16.7 Å². The van der Waals surface area contributed by atoms with Crippen LogP contribution in [0.15, 0.2) is 112 Å². The van der Waals surface area contributed by atoms with Gasteiger partial charge in [-0.25, -0.2) is 19.4 Å². The summed E-state index contributed by atoms with van der Waals surface area (Å²) in [7, 11) is 0. The first-order valence-electron chi connectivity index (χ1n) is 14.7. The number of halogens is 2. The van der Waals surface area contributed by atoms with Crippen LogP contribution in [0.3, 0.4) is 0 Å². The van der Waals surface area contributed by atoms with Crippen LogP contribution in [-0.2, 0) is 18.9 Å². The van der Waals surface area contributed by atoms with E-state index in [1.165, 1.54) is 0 Å². The Bertz CT molecular complexity index is 1650. The summed E-state index contributed by atoms with van der Waals surface area (Å²) in [5.41, 5.74) is 1.07. The largest absolute Gasteiger partial charge is 0.459 e. The SMILES string of the molecule is O=C(OC[C@@H]1C[C@H](OC(=O)c2ccccc2)C[C@@H](OC(=O)c2ccccc2)[C@H](N2C=NC3C(Cl)=NC(Cl)=CC32)O1)c1ccccc1. The fraction of sp³-hybridized carbons (Fsp3) is 0.265. The Morgan fingerprint density at radius 3 is 1.96 bits per heavy atom. The third kappa shape index (κ3) is 7.31. The van der Waals surface area contributed by atoms with Gasteiger partial charge in [-0.15, -0.1) is 0 Å². The van der Waals surface area contributed by atoms with Crippen molar-refractivity contribution < 1.29 is 33.3 Å². The zero-order valence-electron chi connectivity index (χ0n) is 24.4. The summed E-state index contributed by atoms with van der Waals surface area (Å²) >= 11 is 12.7. The molecule has 3 heterocycles. The first kappa shape index (κ1) is 31.5. The first-order valence-corrected chi connectivity index (χ1v) is 15.4. The van der Waals surface area contributed by atoms with E-state index in [-0.39, 0.29) is 29.8 Å². The highest BCUT2D eigenvalue weighted by Crippen LogP contribution is 2.34. The average molecular weight is 663 g/mol. The molecule has 46 heavy (non-hydrogen) atoms. The van der Waals surface area contributed by atoms with Crippen LogP contribution in [0.1, 0.15) is 43.9 Å². The Hall–Kier alpha value is -4.51. The Kier molecular flexibility index (Phi) is 9.77. The molecule has 0 N–H and O–H groups in total. The summed E-state index contributed by atoms with van der Waals surface area (Å²) in [6, 6.07) is 24.6. The lowest BCUT2D eigenvalue weighted by atomic mass is 10.0. The van der Waals surface area contributed by atoms with Crippen LogP contribution in [0, 0.1) is 0 Å². The van der Waals surface area contributed by atoms with E-state index < -0.39 is 54.5 Å². The normalized spacial score (nSPS) is 25.4. The minimum absolute atomic E-state index is 0.0753. The number of ether oxygens (including phenoxy) is 4. The second kappa shape index (κ2) is 14.3. The van der Waals surface area contributed by atoms with Crippen LogP contribution < -0.4 is 0 Å². The molecular weight excluding hydrogens is 633 g/mol. The molecule has 0 aliphatic carbocycles. The molecule has 6 rings (SSSR count). The smallest absolute Gasteiger partial charge is 0.338 e. The number of carbonyl (C=O) groups is 3. The minimum atomic E-state index is -0.967. The van der Waals surface area contributed by atoms with Crippen molar-refractivity contribution in [1.82, 2.24) is 4.90 Å². The summed E-state index contributed by atoms with van der Waals surface area (Å²) in [6.07, 6.45) is -0.0189. The van der Waals surface area contributed by atoms with Gasteiger partial charge in [0.25, 0.3) is 0 Å². The predicted octanol–water partition coefficient (Wildman–Crippen LogP) is 5.61. The zero-order valence-corrected chi connectivity index (χ0v) is 25.9. The summed E-state index contributed by atoms with van der Waals surface area (Å²) in [6.45, 7) is -0.166. The number of rotatable bonds is 8. The molecule has 3 aliphatic rings. The van der Waals surface area contributed by atoms with Crippen LogP contribution in [0.4, 0.5) is 0 Å². The molecule has 3 aromatic carbocycles. The Labute approximate surface area is 275 Å². The summed E-state index contributed by atoms with van der Waals surface area (Å²) < 4.78 is 24.3. The molecule has 3 aromatic rings. The number of hydrogen-bond acceptors (Lipinski definition) is 10. The lowest BCUT2D eigenvalue weighted by Crippen LogP contribution is -2.52. The van der Waals surface area contributed by atoms with Gasteiger partial charge in [0.1, 0.15) is 29.1 Å². The molecule has 0 spiro atoms. The van der Waals surface area contributed by atoms with Crippen molar-refractivity contribution in [2.24, 2.45) is 9.98 Å². The van der Waals surface area contributed by atoms with E-state index in [1.807, 2.05) is 0 Å². The molecule has 236 valence electrons. The molecule has 0 saturated carbocycles. The van der Waals surface area contributed by atoms with Crippen molar-refractivity contribution in [1.29, 1.82) is 0 Å². The molecule has 0 radical (unpaired) electrons. The molecule has 0 amide bonds. The second-order valence-electron chi connectivity index (χ2n) is 10.9. The highest BCUT2D eigenvalue weighted by Gasteiger charge is 2.46. The molecule has 10 nitrogen and oxygen atoms in total. The van der Waals surface area contributed by atoms with Gasteiger partial charge in [0, 0.05) is 12.8 Å². The summed E-state index contributed by atoms with van der Waals surface area (Å²) in [5, 5.41) is 0.377. The highest BCUT2D eigenvalue weighted by atomic mass is 35.5. The van der Waals surface area contributed by atoms with Crippen LogP contribution in [0.25, 0.3) is 0 Å². The molecule has 1 saturated heterocycles. The molecule has 2 unspecified atom stereocenters. The van der Waals surface area contributed by atoms with E-state index in [9.17, 15) is 14.4 Å². The van der Waals surface area contributed by atoms with Gasteiger partial charge in [-0.2, -0.15) is 0 Å².